The molecule has 0 aromatic heterocycles. The lowest BCUT2D eigenvalue weighted by Crippen LogP contribution is -2.46. The molecule has 3 atom stereocenters. The molecule has 0 amide bonds. The zero-order chi connectivity index (χ0) is 12.3. The van der Waals surface area contributed by atoms with Crippen molar-refractivity contribution in [3.63, 3.8) is 0 Å². The molecule has 0 N–H and O–H groups in total. The highest BCUT2D eigenvalue weighted by Crippen LogP contribution is 2.30. The van der Waals surface area contributed by atoms with Crippen molar-refractivity contribution in [1.29, 1.82) is 0 Å². The van der Waals surface area contributed by atoms with E-state index in [4.69, 9.17) is 9.47 Å². The largest absolute Gasteiger partial charge is 0.379 e. The summed E-state index contributed by atoms with van der Waals surface area (Å²) in [4.78, 5) is 2.46. The smallest absolute Gasteiger partial charge is 0.0770 e. The van der Waals surface area contributed by atoms with Gasteiger partial charge in [0.1, 0.15) is 0 Å². The average Bonchev–Trinajstić information content (AvgIpc) is 2.30. The minimum absolute atomic E-state index is 0.328. The maximum absolute atomic E-state index is 6.12. The summed E-state index contributed by atoms with van der Waals surface area (Å²) in [5, 5.41) is 0. The molecule has 3 nitrogen and oxygen atoms in total. The van der Waals surface area contributed by atoms with Crippen LogP contribution in [0.1, 0.15) is 26.7 Å². The second-order valence-corrected chi connectivity index (χ2v) is 5.43. The molecule has 2 aliphatic rings. The van der Waals surface area contributed by atoms with Crippen LogP contribution in [0.4, 0.5) is 0 Å². The highest BCUT2D eigenvalue weighted by molar-refractivity contribution is 5.02. The summed E-state index contributed by atoms with van der Waals surface area (Å²) in [5.41, 5.74) is 1.27. The van der Waals surface area contributed by atoms with Gasteiger partial charge in [-0.3, -0.25) is 4.90 Å². The Bertz CT molecular complexity index is 261. The average molecular weight is 239 g/mol. The van der Waals surface area contributed by atoms with Gasteiger partial charge in [0.15, 0.2) is 0 Å². The lowest BCUT2D eigenvalue weighted by atomic mass is 9.86. The van der Waals surface area contributed by atoms with Gasteiger partial charge < -0.3 is 9.47 Å². The monoisotopic (exact) mass is 239 g/mol. The van der Waals surface area contributed by atoms with Crippen molar-refractivity contribution < 1.29 is 9.47 Å². The summed E-state index contributed by atoms with van der Waals surface area (Å²) < 4.78 is 11.5. The van der Waals surface area contributed by atoms with Gasteiger partial charge >= 0.3 is 0 Å². The molecule has 0 saturated carbocycles. The second-order valence-electron chi connectivity index (χ2n) is 5.43. The number of hydrogen-bond acceptors (Lipinski definition) is 3. The van der Waals surface area contributed by atoms with Crippen LogP contribution < -0.4 is 0 Å². The number of hydrogen-bond donors (Lipinski definition) is 0. The molecule has 0 aromatic rings. The highest BCUT2D eigenvalue weighted by Gasteiger charge is 2.31. The van der Waals surface area contributed by atoms with Crippen LogP contribution in [0, 0.1) is 5.92 Å². The molecule has 2 rings (SSSR count). The Morgan fingerprint density at radius 2 is 2.00 bits per heavy atom. The van der Waals surface area contributed by atoms with Crippen molar-refractivity contribution in [2.45, 2.75) is 38.9 Å². The normalized spacial score (nSPS) is 35.8. The molecule has 0 radical (unpaired) electrons. The van der Waals surface area contributed by atoms with E-state index in [-0.39, 0.29) is 0 Å². The molecular formula is C14H25NO2. The molecule has 17 heavy (non-hydrogen) atoms. The van der Waals surface area contributed by atoms with Crippen LogP contribution in [0.3, 0.4) is 0 Å². The number of rotatable bonds is 3. The predicted octanol–water partition coefficient (Wildman–Crippen LogP) is 2.08. The van der Waals surface area contributed by atoms with E-state index >= 15 is 0 Å². The van der Waals surface area contributed by atoms with Gasteiger partial charge in [-0.05, 0) is 26.7 Å². The first-order valence-electron chi connectivity index (χ1n) is 6.78. The maximum Gasteiger partial charge on any atom is 0.0770 e. The van der Waals surface area contributed by atoms with Gasteiger partial charge in [0.2, 0.25) is 0 Å². The van der Waals surface area contributed by atoms with E-state index in [0.29, 0.717) is 18.1 Å². The van der Waals surface area contributed by atoms with E-state index in [0.717, 1.165) is 39.3 Å². The summed E-state index contributed by atoms with van der Waals surface area (Å²) >= 11 is 0. The molecule has 0 unspecified atom stereocenters. The third kappa shape index (κ3) is 3.54. The molecular weight excluding hydrogens is 214 g/mol. The minimum atomic E-state index is 0.328. The van der Waals surface area contributed by atoms with E-state index in [9.17, 15) is 0 Å². The SMILES string of the molecule is C=C(C)[C@H]1CC[C@@H](C)O[C@H]1CN1CCOCC1. The second kappa shape index (κ2) is 5.98. The van der Waals surface area contributed by atoms with E-state index in [1.54, 1.807) is 0 Å². The molecule has 3 heteroatoms. The number of ether oxygens (including phenoxy) is 2. The van der Waals surface area contributed by atoms with Gasteiger partial charge in [-0.15, -0.1) is 0 Å². The third-order valence-electron chi connectivity index (χ3n) is 3.91. The molecule has 2 saturated heterocycles. The van der Waals surface area contributed by atoms with Gasteiger partial charge in [0.05, 0.1) is 25.4 Å². The lowest BCUT2D eigenvalue weighted by Gasteiger charge is -2.39. The van der Waals surface area contributed by atoms with Crippen LogP contribution in [0.25, 0.3) is 0 Å². The van der Waals surface area contributed by atoms with Crippen LogP contribution in [0.15, 0.2) is 12.2 Å². The highest BCUT2D eigenvalue weighted by atomic mass is 16.5. The van der Waals surface area contributed by atoms with E-state index < -0.39 is 0 Å². The Hall–Kier alpha value is -0.380. The summed E-state index contributed by atoms with van der Waals surface area (Å²) in [6.07, 6.45) is 3.12. The third-order valence-corrected chi connectivity index (χ3v) is 3.91. The Labute approximate surface area is 105 Å². The Morgan fingerprint density at radius 1 is 1.29 bits per heavy atom. The van der Waals surface area contributed by atoms with E-state index in [2.05, 4.69) is 25.3 Å². The topological polar surface area (TPSA) is 21.7 Å². The molecule has 0 bridgehead atoms. The van der Waals surface area contributed by atoms with Crippen LogP contribution in [-0.2, 0) is 9.47 Å². The van der Waals surface area contributed by atoms with E-state index in [1.165, 1.54) is 12.0 Å². The van der Waals surface area contributed by atoms with Crippen LogP contribution >= 0.6 is 0 Å². The van der Waals surface area contributed by atoms with Gasteiger partial charge in [0.25, 0.3) is 0 Å². The zero-order valence-corrected chi connectivity index (χ0v) is 11.2. The van der Waals surface area contributed by atoms with Crippen LogP contribution in [-0.4, -0.2) is 50.0 Å². The fraction of sp³-hybridized carbons (Fsp3) is 0.857. The molecule has 0 aromatic carbocycles. The summed E-state index contributed by atoms with van der Waals surface area (Å²) in [6, 6.07) is 0. The Balaban J connectivity index is 1.92. The van der Waals surface area contributed by atoms with Crippen molar-refractivity contribution in [2.24, 2.45) is 5.92 Å². The summed E-state index contributed by atoms with van der Waals surface area (Å²) in [7, 11) is 0. The summed E-state index contributed by atoms with van der Waals surface area (Å²) in [5.74, 6) is 0.536. The standard InChI is InChI=1S/C14H25NO2/c1-11(2)13-5-4-12(3)17-14(13)10-15-6-8-16-9-7-15/h12-14H,1,4-10H2,2-3H3/t12-,13-,14+/m1/s1. The first-order valence-corrected chi connectivity index (χ1v) is 6.78. The number of morpholine rings is 1. The molecule has 2 heterocycles. The van der Waals surface area contributed by atoms with Crippen molar-refractivity contribution in [1.82, 2.24) is 4.90 Å². The summed E-state index contributed by atoms with van der Waals surface area (Å²) in [6.45, 7) is 13.3. The van der Waals surface area contributed by atoms with Gasteiger partial charge in [-0.2, -0.15) is 0 Å². The Kier molecular flexibility index (Phi) is 4.60. The van der Waals surface area contributed by atoms with Crippen molar-refractivity contribution in [2.75, 3.05) is 32.8 Å². The lowest BCUT2D eigenvalue weighted by molar-refractivity contribution is -0.0869. The van der Waals surface area contributed by atoms with Crippen molar-refractivity contribution in [3.8, 4) is 0 Å². The predicted molar refractivity (Wildman–Crippen MR) is 69.1 cm³/mol. The van der Waals surface area contributed by atoms with Gasteiger partial charge in [-0.25, -0.2) is 0 Å². The molecule has 98 valence electrons. The fourth-order valence-electron chi connectivity index (χ4n) is 2.83. The molecule has 2 fully saturated rings. The minimum Gasteiger partial charge on any atom is -0.379 e. The quantitative estimate of drug-likeness (QED) is 0.704. The van der Waals surface area contributed by atoms with Gasteiger partial charge in [-0.1, -0.05) is 12.2 Å². The van der Waals surface area contributed by atoms with Crippen molar-refractivity contribution in [3.05, 3.63) is 12.2 Å². The van der Waals surface area contributed by atoms with Gasteiger partial charge in [0, 0.05) is 25.6 Å². The van der Waals surface area contributed by atoms with Crippen molar-refractivity contribution >= 4 is 0 Å². The maximum atomic E-state index is 6.12. The van der Waals surface area contributed by atoms with Crippen LogP contribution in [0.2, 0.25) is 0 Å². The van der Waals surface area contributed by atoms with Crippen LogP contribution in [0.5, 0.6) is 0 Å². The molecule has 0 aliphatic carbocycles. The van der Waals surface area contributed by atoms with E-state index in [1.807, 2.05) is 0 Å². The number of nitrogens with zero attached hydrogens (tertiary/aromatic N) is 1. The fourth-order valence-corrected chi connectivity index (χ4v) is 2.83. The molecule has 2 aliphatic heterocycles. The Morgan fingerprint density at radius 3 is 2.65 bits per heavy atom. The first-order chi connectivity index (χ1) is 8.16. The first kappa shape index (κ1) is 13.1. The molecule has 0 spiro atoms. The zero-order valence-electron chi connectivity index (χ0n) is 11.2.